The predicted molar refractivity (Wildman–Crippen MR) is 70.4 cm³/mol. The highest BCUT2D eigenvalue weighted by molar-refractivity contribution is 5.86. The van der Waals surface area contributed by atoms with Gasteiger partial charge < -0.3 is 10.8 Å². The molecule has 0 spiro atoms. The van der Waals surface area contributed by atoms with Crippen molar-refractivity contribution in [2.75, 3.05) is 0 Å². The average molecular weight is 257 g/mol. The van der Waals surface area contributed by atoms with Crippen LogP contribution in [0.4, 0.5) is 4.79 Å². The van der Waals surface area contributed by atoms with E-state index in [1.807, 2.05) is 0 Å². The van der Waals surface area contributed by atoms with E-state index >= 15 is 0 Å². The number of amides is 2. The predicted octanol–water partition coefficient (Wildman–Crippen LogP) is 2.24. The summed E-state index contributed by atoms with van der Waals surface area (Å²) in [4.78, 5) is 21.0. The molecule has 0 heterocycles. The van der Waals surface area contributed by atoms with Crippen LogP contribution in [0.2, 0.25) is 0 Å². The zero-order valence-electron chi connectivity index (χ0n) is 10.9. The van der Waals surface area contributed by atoms with E-state index in [1.54, 1.807) is 0 Å². The Morgan fingerprint density at radius 1 is 1.11 bits per heavy atom. The van der Waals surface area contributed by atoms with Gasteiger partial charge in [-0.15, -0.1) is 0 Å². The van der Waals surface area contributed by atoms with E-state index in [9.17, 15) is 9.59 Å². The number of nitrogens with one attached hydrogen (secondary N) is 1. The average Bonchev–Trinajstić information content (AvgIpc) is 2.30. The van der Waals surface area contributed by atoms with Gasteiger partial charge in [-0.3, -0.25) is 4.79 Å². The number of rotatable bonds is 10. The van der Waals surface area contributed by atoms with Gasteiger partial charge in [0.2, 0.25) is 0 Å². The largest absolute Gasteiger partial charge is 0.481 e. The molecule has 0 unspecified atom stereocenters. The third kappa shape index (κ3) is 10.9. The summed E-state index contributed by atoms with van der Waals surface area (Å²) in [7, 11) is 0. The molecule has 0 radical (unpaired) electrons. The van der Waals surface area contributed by atoms with E-state index in [1.165, 1.54) is 6.42 Å². The molecule has 0 bridgehead atoms. The van der Waals surface area contributed by atoms with Crippen molar-refractivity contribution in [2.45, 2.75) is 58.3 Å². The number of primary amides is 1. The number of unbranched alkanes of at least 4 members (excludes halogenated alkanes) is 3. The van der Waals surface area contributed by atoms with Crippen LogP contribution >= 0.6 is 0 Å². The van der Waals surface area contributed by atoms with Crippen LogP contribution in [0.5, 0.6) is 0 Å². The van der Waals surface area contributed by atoms with Crippen molar-refractivity contribution in [1.29, 1.82) is 0 Å². The van der Waals surface area contributed by atoms with Crippen LogP contribution in [-0.4, -0.2) is 22.8 Å². The first-order valence-electron chi connectivity index (χ1n) is 6.39. The fraction of sp³-hybridized carbons (Fsp3) is 0.750. The summed E-state index contributed by atoms with van der Waals surface area (Å²) in [5, 5.41) is 12.5. The van der Waals surface area contributed by atoms with Crippen molar-refractivity contribution >= 4 is 17.7 Å². The van der Waals surface area contributed by atoms with E-state index in [2.05, 4.69) is 17.5 Å². The van der Waals surface area contributed by atoms with Crippen LogP contribution in [-0.2, 0) is 4.79 Å². The fourth-order valence-electron chi connectivity index (χ4n) is 1.57. The van der Waals surface area contributed by atoms with Crippen molar-refractivity contribution < 1.29 is 14.7 Å². The maximum atomic E-state index is 10.6. The second-order valence-corrected chi connectivity index (χ2v) is 4.21. The summed E-state index contributed by atoms with van der Waals surface area (Å²) in [5.41, 5.74) is 7.96. The molecule has 0 rings (SSSR count). The third-order valence-corrected chi connectivity index (χ3v) is 2.50. The lowest BCUT2D eigenvalue weighted by molar-refractivity contribution is -0.137. The summed E-state index contributed by atoms with van der Waals surface area (Å²) in [6.07, 6.45) is 6.45. The SMILES string of the molecule is CCCCCC/C(CCCC(=O)O)=N/NC(N)=O. The highest BCUT2D eigenvalue weighted by atomic mass is 16.4. The Hall–Kier alpha value is -1.59. The second-order valence-electron chi connectivity index (χ2n) is 4.21. The Bertz CT molecular complexity index is 290. The van der Waals surface area contributed by atoms with Gasteiger partial charge in [-0.1, -0.05) is 26.2 Å². The number of aliphatic carboxylic acids is 1. The molecular formula is C12H23N3O3. The molecule has 6 nitrogen and oxygen atoms in total. The second kappa shape index (κ2) is 10.6. The fourth-order valence-corrected chi connectivity index (χ4v) is 1.57. The molecule has 0 aliphatic carbocycles. The number of hydrogen-bond donors (Lipinski definition) is 3. The number of carbonyl (C=O) groups excluding carboxylic acids is 1. The minimum Gasteiger partial charge on any atom is -0.481 e. The molecule has 0 aromatic heterocycles. The summed E-state index contributed by atoms with van der Waals surface area (Å²) in [6.45, 7) is 2.14. The molecule has 0 atom stereocenters. The molecule has 2 amide bonds. The number of carboxylic acid groups (broad SMARTS) is 1. The van der Waals surface area contributed by atoms with E-state index in [0.29, 0.717) is 12.8 Å². The van der Waals surface area contributed by atoms with Gasteiger partial charge in [0.15, 0.2) is 0 Å². The highest BCUT2D eigenvalue weighted by Gasteiger charge is 2.03. The Morgan fingerprint density at radius 3 is 2.33 bits per heavy atom. The molecule has 0 aromatic rings. The monoisotopic (exact) mass is 257 g/mol. The Kier molecular flexibility index (Phi) is 9.62. The number of hydrazone groups is 1. The molecule has 4 N–H and O–H groups in total. The number of urea groups is 1. The van der Waals surface area contributed by atoms with E-state index in [0.717, 1.165) is 31.4 Å². The lowest BCUT2D eigenvalue weighted by Gasteiger charge is -2.05. The lowest BCUT2D eigenvalue weighted by atomic mass is 10.1. The van der Waals surface area contributed by atoms with Gasteiger partial charge >= 0.3 is 12.0 Å². The molecule has 18 heavy (non-hydrogen) atoms. The summed E-state index contributed by atoms with van der Waals surface area (Å²) in [6, 6.07) is -0.695. The van der Waals surface area contributed by atoms with Crippen molar-refractivity contribution in [3.63, 3.8) is 0 Å². The lowest BCUT2D eigenvalue weighted by Crippen LogP contribution is -2.25. The minimum absolute atomic E-state index is 0.116. The summed E-state index contributed by atoms with van der Waals surface area (Å²) >= 11 is 0. The Morgan fingerprint density at radius 2 is 1.78 bits per heavy atom. The van der Waals surface area contributed by atoms with Crippen molar-refractivity contribution in [1.82, 2.24) is 5.43 Å². The Balaban J connectivity index is 4.03. The van der Waals surface area contributed by atoms with Crippen molar-refractivity contribution in [3.8, 4) is 0 Å². The molecule has 0 aliphatic rings. The first kappa shape index (κ1) is 16.4. The normalized spacial score (nSPS) is 11.3. The van der Waals surface area contributed by atoms with E-state index in [-0.39, 0.29) is 6.42 Å². The van der Waals surface area contributed by atoms with Gasteiger partial charge in [0.25, 0.3) is 0 Å². The Labute approximate surface area is 108 Å². The summed E-state index contributed by atoms with van der Waals surface area (Å²) < 4.78 is 0. The number of carbonyl (C=O) groups is 2. The van der Waals surface area contributed by atoms with Crippen LogP contribution < -0.4 is 11.2 Å². The van der Waals surface area contributed by atoms with E-state index in [4.69, 9.17) is 10.8 Å². The molecule has 104 valence electrons. The van der Waals surface area contributed by atoms with Crippen LogP contribution in [0, 0.1) is 0 Å². The topological polar surface area (TPSA) is 105 Å². The smallest absolute Gasteiger partial charge is 0.332 e. The van der Waals surface area contributed by atoms with Crippen LogP contribution in [0.25, 0.3) is 0 Å². The van der Waals surface area contributed by atoms with Gasteiger partial charge in [-0.2, -0.15) is 5.10 Å². The van der Waals surface area contributed by atoms with Crippen molar-refractivity contribution in [3.05, 3.63) is 0 Å². The maximum Gasteiger partial charge on any atom is 0.332 e. The quantitative estimate of drug-likeness (QED) is 0.317. The molecular weight excluding hydrogens is 234 g/mol. The highest BCUT2D eigenvalue weighted by Crippen LogP contribution is 2.08. The number of hydrogen-bond acceptors (Lipinski definition) is 3. The van der Waals surface area contributed by atoms with Gasteiger partial charge in [-0.25, -0.2) is 10.2 Å². The molecule has 6 heteroatoms. The maximum absolute atomic E-state index is 10.6. The van der Waals surface area contributed by atoms with Gasteiger partial charge in [0.05, 0.1) is 0 Å². The van der Waals surface area contributed by atoms with Crippen molar-refractivity contribution in [2.24, 2.45) is 10.8 Å². The van der Waals surface area contributed by atoms with Crippen LogP contribution in [0.15, 0.2) is 5.10 Å². The first-order chi connectivity index (χ1) is 8.56. The molecule has 0 fully saturated rings. The number of carboxylic acids is 1. The van der Waals surface area contributed by atoms with E-state index < -0.39 is 12.0 Å². The molecule has 0 aromatic carbocycles. The summed E-state index contributed by atoms with van der Waals surface area (Å²) in [5.74, 6) is -0.816. The zero-order valence-corrected chi connectivity index (χ0v) is 10.9. The number of nitrogens with two attached hydrogens (primary N) is 1. The molecule has 0 saturated carbocycles. The molecule has 0 aliphatic heterocycles. The third-order valence-electron chi connectivity index (χ3n) is 2.50. The van der Waals surface area contributed by atoms with Gasteiger partial charge in [-0.05, 0) is 25.7 Å². The number of nitrogens with zero attached hydrogens (tertiary/aromatic N) is 1. The minimum atomic E-state index is -0.816. The first-order valence-corrected chi connectivity index (χ1v) is 6.39. The molecule has 0 saturated heterocycles. The van der Waals surface area contributed by atoms with Gasteiger partial charge in [0.1, 0.15) is 0 Å². The standard InChI is InChI=1S/C12H23N3O3/c1-2-3-4-5-7-10(14-15-12(13)18)8-6-9-11(16)17/h2-9H2,1H3,(H,16,17)(H3,13,15,18)/b14-10-. The van der Waals surface area contributed by atoms with Crippen LogP contribution in [0.1, 0.15) is 58.3 Å². The van der Waals surface area contributed by atoms with Crippen LogP contribution in [0.3, 0.4) is 0 Å². The zero-order chi connectivity index (χ0) is 13.8. The van der Waals surface area contributed by atoms with Gasteiger partial charge in [0, 0.05) is 12.1 Å².